The van der Waals surface area contributed by atoms with Crippen molar-refractivity contribution in [2.24, 2.45) is 0 Å². The van der Waals surface area contributed by atoms with E-state index in [1.165, 1.54) is 0 Å². The predicted molar refractivity (Wildman–Crippen MR) is 101 cm³/mol. The van der Waals surface area contributed by atoms with Crippen LogP contribution >= 0.6 is 0 Å². The first-order chi connectivity index (χ1) is 13.9. The molecule has 29 heavy (non-hydrogen) atoms. The van der Waals surface area contributed by atoms with Gasteiger partial charge in [0.25, 0.3) is 0 Å². The van der Waals surface area contributed by atoms with Gasteiger partial charge in [-0.2, -0.15) is 0 Å². The normalized spacial score (nSPS) is 27.2. The quantitative estimate of drug-likeness (QED) is 0.717. The number of hydrogen-bond donors (Lipinski definition) is 0. The summed E-state index contributed by atoms with van der Waals surface area (Å²) in [6, 6.07) is 17.3. The number of benzene rings is 2. The van der Waals surface area contributed by atoms with Crippen molar-refractivity contribution in [2.75, 3.05) is 6.61 Å². The highest BCUT2D eigenvalue weighted by Gasteiger charge is 2.56. The maximum absolute atomic E-state index is 12.6. The molecule has 2 aliphatic rings. The van der Waals surface area contributed by atoms with E-state index in [1.807, 2.05) is 12.1 Å². The topological polar surface area (TPSA) is 80.3 Å². The Morgan fingerprint density at radius 3 is 2.10 bits per heavy atom. The van der Waals surface area contributed by atoms with E-state index in [9.17, 15) is 9.59 Å². The Balaban J connectivity index is 1.46. The molecule has 0 spiro atoms. The lowest BCUT2D eigenvalue weighted by Crippen LogP contribution is -2.40. The Morgan fingerprint density at radius 2 is 1.48 bits per heavy atom. The van der Waals surface area contributed by atoms with Crippen LogP contribution < -0.4 is 0 Å². The molecule has 0 aromatic heterocycles. The van der Waals surface area contributed by atoms with Crippen LogP contribution in [0.3, 0.4) is 0 Å². The smallest absolute Gasteiger partial charge is 0.338 e. The van der Waals surface area contributed by atoms with Crippen LogP contribution in [0.25, 0.3) is 0 Å². The lowest BCUT2D eigenvalue weighted by molar-refractivity contribution is -0.218. The van der Waals surface area contributed by atoms with Crippen LogP contribution in [0.1, 0.15) is 34.6 Å². The number of rotatable bonds is 5. The van der Waals surface area contributed by atoms with Crippen molar-refractivity contribution in [2.45, 2.75) is 44.2 Å². The lowest BCUT2D eigenvalue weighted by Gasteiger charge is -2.25. The number of esters is 2. The largest absolute Gasteiger partial charge is 0.459 e. The molecule has 0 amide bonds. The monoisotopic (exact) mass is 398 g/mol. The van der Waals surface area contributed by atoms with E-state index >= 15 is 0 Å². The van der Waals surface area contributed by atoms with Gasteiger partial charge in [-0.15, -0.1) is 0 Å². The summed E-state index contributed by atoms with van der Waals surface area (Å²) in [6.45, 7) is 3.42. The Morgan fingerprint density at radius 1 is 0.897 bits per heavy atom. The maximum Gasteiger partial charge on any atom is 0.338 e. The van der Waals surface area contributed by atoms with Crippen LogP contribution in [-0.2, 0) is 23.7 Å². The summed E-state index contributed by atoms with van der Waals surface area (Å²) in [7, 11) is 0. The Labute approximate surface area is 168 Å². The van der Waals surface area contributed by atoms with Crippen molar-refractivity contribution in [3.63, 3.8) is 0 Å². The summed E-state index contributed by atoms with van der Waals surface area (Å²) in [4.78, 5) is 24.8. The van der Waals surface area contributed by atoms with Crippen molar-refractivity contribution in [1.82, 2.24) is 0 Å². The fraction of sp³-hybridized carbons (Fsp3) is 0.364. The molecule has 4 atom stereocenters. The van der Waals surface area contributed by atoms with Gasteiger partial charge < -0.3 is 23.7 Å². The maximum atomic E-state index is 12.6. The summed E-state index contributed by atoms with van der Waals surface area (Å²) >= 11 is 0. The summed E-state index contributed by atoms with van der Waals surface area (Å²) in [5, 5.41) is 0. The first-order valence-electron chi connectivity index (χ1n) is 9.42. The number of carbonyl (C=O) groups excluding carboxylic acids is 2. The van der Waals surface area contributed by atoms with Crippen molar-refractivity contribution < 1.29 is 33.3 Å². The molecule has 7 heteroatoms. The van der Waals surface area contributed by atoms with Gasteiger partial charge in [0, 0.05) is 0 Å². The second-order valence-corrected chi connectivity index (χ2v) is 7.34. The zero-order valence-electron chi connectivity index (χ0n) is 16.1. The minimum Gasteiger partial charge on any atom is -0.459 e. The molecule has 2 aromatic rings. The molecule has 1 unspecified atom stereocenters. The van der Waals surface area contributed by atoms with E-state index in [-0.39, 0.29) is 6.61 Å². The zero-order valence-corrected chi connectivity index (χ0v) is 16.1. The van der Waals surface area contributed by atoms with Gasteiger partial charge in [-0.3, -0.25) is 0 Å². The summed E-state index contributed by atoms with van der Waals surface area (Å²) in [5.74, 6) is -1.85. The molecule has 0 N–H and O–H groups in total. The molecule has 152 valence electrons. The first kappa shape index (κ1) is 19.6. The predicted octanol–water partition coefficient (Wildman–Crippen LogP) is 2.95. The average Bonchev–Trinajstić information content (AvgIpc) is 3.19. The number of carbonyl (C=O) groups is 2. The number of fused-ring (bicyclic) bond motifs is 1. The highest BCUT2D eigenvalue weighted by atomic mass is 16.8. The van der Waals surface area contributed by atoms with Gasteiger partial charge in [-0.05, 0) is 38.1 Å². The van der Waals surface area contributed by atoms with E-state index in [2.05, 4.69) is 0 Å². The van der Waals surface area contributed by atoms with Gasteiger partial charge in [0.15, 0.2) is 24.3 Å². The Hall–Kier alpha value is -2.74. The van der Waals surface area contributed by atoms with E-state index in [4.69, 9.17) is 23.7 Å². The molecular weight excluding hydrogens is 376 g/mol. The third-order valence-corrected chi connectivity index (χ3v) is 4.73. The highest BCUT2D eigenvalue weighted by Crippen LogP contribution is 2.39. The fourth-order valence-electron chi connectivity index (χ4n) is 3.40. The van der Waals surface area contributed by atoms with E-state index < -0.39 is 42.3 Å². The van der Waals surface area contributed by atoms with Crippen LogP contribution in [0.5, 0.6) is 0 Å². The van der Waals surface area contributed by atoms with Crippen LogP contribution in [0.2, 0.25) is 0 Å². The molecule has 2 heterocycles. The molecule has 4 rings (SSSR count). The third kappa shape index (κ3) is 4.32. The standard InChI is InChI=1S/C22H22O7/c1-22(2)28-18-17(27-20(24)15-11-7-4-8-12-15)16(26-21(18)29-22)13-25-19(23)14-9-5-3-6-10-14/h3-12,16-18,21H,13H2,1-2H3/t16-,17?,18+,21+/m1/s1. The number of hydrogen-bond acceptors (Lipinski definition) is 7. The van der Waals surface area contributed by atoms with Crippen molar-refractivity contribution in [3.05, 3.63) is 71.8 Å². The third-order valence-electron chi connectivity index (χ3n) is 4.73. The fourth-order valence-corrected chi connectivity index (χ4v) is 3.40. The Bertz CT molecular complexity index is 865. The molecule has 0 radical (unpaired) electrons. The molecule has 7 nitrogen and oxygen atoms in total. The van der Waals surface area contributed by atoms with Crippen LogP contribution in [-0.4, -0.2) is 48.9 Å². The minimum absolute atomic E-state index is 0.0966. The Kier molecular flexibility index (Phi) is 5.36. The van der Waals surface area contributed by atoms with Crippen LogP contribution in [0, 0.1) is 0 Å². The molecule has 0 saturated carbocycles. The molecule has 2 fully saturated rings. The van der Waals surface area contributed by atoms with E-state index in [1.54, 1.807) is 62.4 Å². The van der Waals surface area contributed by atoms with Gasteiger partial charge in [-0.1, -0.05) is 36.4 Å². The van der Waals surface area contributed by atoms with Crippen molar-refractivity contribution in [3.8, 4) is 0 Å². The lowest BCUT2D eigenvalue weighted by atomic mass is 10.1. The van der Waals surface area contributed by atoms with Gasteiger partial charge >= 0.3 is 11.9 Å². The van der Waals surface area contributed by atoms with Crippen molar-refractivity contribution >= 4 is 11.9 Å². The van der Waals surface area contributed by atoms with Gasteiger partial charge in [0.05, 0.1) is 11.1 Å². The summed E-state index contributed by atoms with van der Waals surface area (Å²) < 4.78 is 28.5. The average molecular weight is 398 g/mol. The SMILES string of the molecule is CC1(C)O[C@@H]2O[C@H](COC(=O)c3ccccc3)C(OC(=O)c3ccccc3)[C@@H]2O1. The van der Waals surface area contributed by atoms with Crippen molar-refractivity contribution in [1.29, 1.82) is 0 Å². The molecule has 0 aliphatic carbocycles. The molecular formula is C22H22O7. The minimum atomic E-state index is -0.863. The van der Waals surface area contributed by atoms with Crippen LogP contribution in [0.4, 0.5) is 0 Å². The second-order valence-electron chi connectivity index (χ2n) is 7.34. The van der Waals surface area contributed by atoms with E-state index in [0.717, 1.165) is 0 Å². The van der Waals surface area contributed by atoms with Gasteiger partial charge in [0.1, 0.15) is 12.7 Å². The molecule has 2 aromatic carbocycles. The number of ether oxygens (including phenoxy) is 5. The summed E-state index contributed by atoms with van der Waals surface area (Å²) in [6.07, 6.45) is -2.81. The van der Waals surface area contributed by atoms with E-state index in [0.29, 0.717) is 11.1 Å². The van der Waals surface area contributed by atoms with Gasteiger partial charge in [-0.25, -0.2) is 9.59 Å². The molecule has 0 bridgehead atoms. The molecule has 2 aliphatic heterocycles. The van der Waals surface area contributed by atoms with Crippen LogP contribution in [0.15, 0.2) is 60.7 Å². The highest BCUT2D eigenvalue weighted by molar-refractivity contribution is 5.90. The van der Waals surface area contributed by atoms with Gasteiger partial charge in [0.2, 0.25) is 0 Å². The second kappa shape index (κ2) is 7.94. The summed E-state index contributed by atoms with van der Waals surface area (Å²) in [5.41, 5.74) is 0.839. The molecule has 2 saturated heterocycles. The zero-order chi connectivity index (χ0) is 20.4. The first-order valence-corrected chi connectivity index (χ1v) is 9.42.